The smallest absolute Gasteiger partial charge is 0.246 e. The van der Waals surface area contributed by atoms with Crippen molar-refractivity contribution in [1.29, 1.82) is 0 Å². The van der Waals surface area contributed by atoms with Gasteiger partial charge in [-0.2, -0.15) is 0 Å². The van der Waals surface area contributed by atoms with E-state index < -0.39 is 0 Å². The molecule has 0 aromatic heterocycles. The summed E-state index contributed by atoms with van der Waals surface area (Å²) in [5, 5.41) is 3.19. The molecule has 0 radical (unpaired) electrons. The lowest BCUT2D eigenvalue weighted by Gasteiger charge is -2.43. The van der Waals surface area contributed by atoms with E-state index in [1.54, 1.807) is 6.92 Å². The molecule has 0 unspecified atom stereocenters. The van der Waals surface area contributed by atoms with Crippen LogP contribution in [0.25, 0.3) is 0 Å². The fourth-order valence-corrected chi connectivity index (χ4v) is 4.34. The predicted octanol–water partition coefficient (Wildman–Crippen LogP) is 1.58. The van der Waals surface area contributed by atoms with Gasteiger partial charge in [0.05, 0.1) is 11.6 Å². The van der Waals surface area contributed by atoms with Crippen molar-refractivity contribution < 1.29 is 9.59 Å². The Bertz CT molecular complexity index is 645. The molecule has 2 aliphatic heterocycles. The molecule has 0 saturated carbocycles. The maximum Gasteiger partial charge on any atom is 0.246 e. The Balaban J connectivity index is 2.06. The predicted molar refractivity (Wildman–Crippen MR) is 93.2 cm³/mol. The van der Waals surface area contributed by atoms with Crippen LogP contribution in [-0.4, -0.2) is 53.8 Å². The first-order valence-electron chi connectivity index (χ1n) is 8.42. The van der Waals surface area contributed by atoms with Gasteiger partial charge in [0, 0.05) is 32.5 Å². The normalized spacial score (nSPS) is 29.8. The second-order valence-electron chi connectivity index (χ2n) is 6.98. The third-order valence-electron chi connectivity index (χ3n) is 5.35. The van der Waals surface area contributed by atoms with Crippen LogP contribution in [0.2, 0.25) is 0 Å². The first kappa shape index (κ1) is 16.7. The van der Waals surface area contributed by atoms with Crippen molar-refractivity contribution in [2.45, 2.75) is 24.9 Å². The van der Waals surface area contributed by atoms with Crippen LogP contribution in [0.1, 0.15) is 24.9 Å². The largest absolute Gasteiger partial charge is 0.349 e. The van der Waals surface area contributed by atoms with Crippen LogP contribution in [0.5, 0.6) is 0 Å². The molecule has 2 heterocycles. The molecule has 0 aliphatic carbocycles. The van der Waals surface area contributed by atoms with Crippen molar-refractivity contribution in [3.8, 4) is 0 Å². The van der Waals surface area contributed by atoms with E-state index in [-0.39, 0.29) is 29.3 Å². The van der Waals surface area contributed by atoms with Crippen LogP contribution in [0.3, 0.4) is 0 Å². The first-order valence-corrected chi connectivity index (χ1v) is 8.42. The molecule has 5 nitrogen and oxygen atoms in total. The number of nitrogens with zero attached hydrogens (tertiary/aromatic N) is 2. The average molecular weight is 327 g/mol. The van der Waals surface area contributed by atoms with E-state index in [1.807, 2.05) is 23.1 Å². The first-order chi connectivity index (χ1) is 11.5. The zero-order valence-electron chi connectivity index (χ0n) is 14.4. The second-order valence-corrected chi connectivity index (χ2v) is 6.98. The van der Waals surface area contributed by atoms with Gasteiger partial charge in [-0.05, 0) is 25.1 Å². The molecule has 24 heavy (non-hydrogen) atoms. The van der Waals surface area contributed by atoms with Gasteiger partial charge in [-0.3, -0.25) is 9.59 Å². The molecule has 3 rings (SSSR count). The molecule has 128 valence electrons. The summed E-state index contributed by atoms with van der Waals surface area (Å²) in [5.74, 6) is 0.0429. The van der Waals surface area contributed by atoms with Crippen molar-refractivity contribution in [2.24, 2.45) is 5.92 Å². The van der Waals surface area contributed by atoms with E-state index in [4.69, 9.17) is 0 Å². The highest BCUT2D eigenvalue weighted by atomic mass is 16.2. The highest BCUT2D eigenvalue weighted by molar-refractivity contribution is 5.88. The minimum atomic E-state index is -0.364. The summed E-state index contributed by atoms with van der Waals surface area (Å²) >= 11 is 0. The van der Waals surface area contributed by atoms with Gasteiger partial charge >= 0.3 is 0 Å². The van der Waals surface area contributed by atoms with Crippen molar-refractivity contribution in [3.63, 3.8) is 0 Å². The molecule has 2 saturated heterocycles. The van der Waals surface area contributed by atoms with Crippen molar-refractivity contribution in [2.75, 3.05) is 26.7 Å². The standard InChI is InChI=1S/C19H25N3O2/c1-4-17(24)22-13-19(20-14(2)23)10-11-21(3)12-16(19)18(22)15-8-6-5-7-9-15/h4-9,16,18H,1,10-13H2,2-3H3,(H,20,23)/t16-,18-,19-/m1/s1. The molecule has 2 aliphatic rings. The topological polar surface area (TPSA) is 52.7 Å². The van der Waals surface area contributed by atoms with Gasteiger partial charge in [-0.1, -0.05) is 36.9 Å². The monoisotopic (exact) mass is 327 g/mol. The van der Waals surface area contributed by atoms with Crippen LogP contribution < -0.4 is 5.32 Å². The Morgan fingerprint density at radius 2 is 2.04 bits per heavy atom. The van der Waals surface area contributed by atoms with E-state index >= 15 is 0 Å². The number of hydrogen-bond donors (Lipinski definition) is 1. The van der Waals surface area contributed by atoms with Crippen molar-refractivity contribution in [3.05, 3.63) is 48.6 Å². The van der Waals surface area contributed by atoms with Crippen LogP contribution in [-0.2, 0) is 9.59 Å². The number of benzene rings is 1. The van der Waals surface area contributed by atoms with Gasteiger partial charge < -0.3 is 15.1 Å². The van der Waals surface area contributed by atoms with E-state index in [9.17, 15) is 9.59 Å². The molecule has 2 amide bonds. The van der Waals surface area contributed by atoms with Gasteiger partial charge in [-0.15, -0.1) is 0 Å². The molecule has 0 bridgehead atoms. The van der Waals surface area contributed by atoms with E-state index in [0.717, 1.165) is 25.1 Å². The minimum absolute atomic E-state index is 0.0377. The van der Waals surface area contributed by atoms with Gasteiger partial charge in [-0.25, -0.2) is 0 Å². The van der Waals surface area contributed by atoms with Gasteiger partial charge in [0.15, 0.2) is 0 Å². The Labute approximate surface area is 143 Å². The lowest BCUT2D eigenvalue weighted by molar-refractivity contribution is -0.127. The lowest BCUT2D eigenvalue weighted by atomic mass is 9.76. The average Bonchev–Trinajstić information content (AvgIpc) is 2.88. The number of amides is 2. The van der Waals surface area contributed by atoms with Crippen molar-refractivity contribution in [1.82, 2.24) is 15.1 Å². The summed E-state index contributed by atoms with van der Waals surface area (Å²) in [4.78, 5) is 28.6. The molecular formula is C19H25N3O2. The number of piperidine rings is 1. The molecule has 0 spiro atoms. The number of carbonyl (C=O) groups is 2. The maximum absolute atomic E-state index is 12.5. The summed E-state index contributed by atoms with van der Waals surface area (Å²) < 4.78 is 0. The Morgan fingerprint density at radius 1 is 1.33 bits per heavy atom. The molecule has 2 fully saturated rings. The summed E-state index contributed by atoms with van der Waals surface area (Å²) in [7, 11) is 2.09. The summed E-state index contributed by atoms with van der Waals surface area (Å²) in [6.07, 6.45) is 2.22. The van der Waals surface area contributed by atoms with E-state index in [1.165, 1.54) is 6.08 Å². The number of likely N-dealkylation sites (tertiary alicyclic amines) is 2. The van der Waals surface area contributed by atoms with E-state index in [2.05, 4.69) is 36.0 Å². The fraction of sp³-hybridized carbons (Fsp3) is 0.474. The molecule has 1 aromatic carbocycles. The Kier molecular flexibility index (Phi) is 4.45. The summed E-state index contributed by atoms with van der Waals surface area (Å²) in [5.41, 5.74) is 0.748. The quantitative estimate of drug-likeness (QED) is 0.858. The molecule has 1 N–H and O–H groups in total. The summed E-state index contributed by atoms with van der Waals surface area (Å²) in [6.45, 7) is 7.51. The van der Waals surface area contributed by atoms with Crippen LogP contribution in [0, 0.1) is 5.92 Å². The number of fused-ring (bicyclic) bond motifs is 1. The summed E-state index contributed by atoms with van der Waals surface area (Å²) in [6, 6.07) is 10.0. The Morgan fingerprint density at radius 3 is 2.67 bits per heavy atom. The molecule has 5 heteroatoms. The third-order valence-corrected chi connectivity index (χ3v) is 5.35. The molecule has 3 atom stereocenters. The van der Waals surface area contributed by atoms with Crippen molar-refractivity contribution >= 4 is 11.8 Å². The highest BCUT2D eigenvalue weighted by Gasteiger charge is 2.56. The lowest BCUT2D eigenvalue weighted by Crippen LogP contribution is -2.60. The number of hydrogen-bond acceptors (Lipinski definition) is 3. The van der Waals surface area contributed by atoms with Crippen LogP contribution in [0.4, 0.5) is 0 Å². The van der Waals surface area contributed by atoms with E-state index in [0.29, 0.717) is 6.54 Å². The zero-order valence-corrected chi connectivity index (χ0v) is 14.4. The molecular weight excluding hydrogens is 302 g/mol. The number of carbonyl (C=O) groups excluding carboxylic acids is 2. The number of rotatable bonds is 3. The van der Waals surface area contributed by atoms with Crippen LogP contribution >= 0.6 is 0 Å². The Hall–Kier alpha value is -2.14. The maximum atomic E-state index is 12.5. The minimum Gasteiger partial charge on any atom is -0.349 e. The van der Waals surface area contributed by atoms with Gasteiger partial charge in [0.25, 0.3) is 0 Å². The number of nitrogens with one attached hydrogen (secondary N) is 1. The van der Waals surface area contributed by atoms with Gasteiger partial charge in [0.1, 0.15) is 0 Å². The second kappa shape index (κ2) is 6.40. The highest BCUT2D eigenvalue weighted by Crippen LogP contribution is 2.47. The fourth-order valence-electron chi connectivity index (χ4n) is 4.34. The zero-order chi connectivity index (χ0) is 17.3. The SMILES string of the molecule is C=CC(=O)N1C[C@]2(NC(C)=O)CCN(C)C[C@@H]2[C@H]1c1ccccc1. The third kappa shape index (κ3) is 2.84. The van der Waals surface area contributed by atoms with Gasteiger partial charge in [0.2, 0.25) is 11.8 Å². The molecule has 1 aromatic rings. The van der Waals surface area contributed by atoms with Crippen LogP contribution in [0.15, 0.2) is 43.0 Å².